The second-order valence-corrected chi connectivity index (χ2v) is 6.13. The highest BCUT2D eigenvalue weighted by Crippen LogP contribution is 2.32. The van der Waals surface area contributed by atoms with Crippen LogP contribution in [0.4, 0.5) is 0 Å². The molecule has 0 radical (unpaired) electrons. The van der Waals surface area contributed by atoms with Crippen LogP contribution in [0.3, 0.4) is 0 Å². The first-order chi connectivity index (χ1) is 8.09. The Balaban J connectivity index is 2.10. The van der Waals surface area contributed by atoms with Crippen molar-refractivity contribution in [3.63, 3.8) is 0 Å². The first kappa shape index (κ1) is 12.3. The number of aromatic amines is 1. The van der Waals surface area contributed by atoms with E-state index in [-0.39, 0.29) is 12.6 Å². The number of aryl methyl sites for hydroxylation is 1. The van der Waals surface area contributed by atoms with Gasteiger partial charge in [0.05, 0.1) is 15.0 Å². The van der Waals surface area contributed by atoms with Crippen molar-refractivity contribution in [3.8, 4) is 0 Å². The third kappa shape index (κ3) is 2.58. The highest BCUT2D eigenvalue weighted by Gasteiger charge is 2.19. The van der Waals surface area contributed by atoms with Crippen LogP contribution in [-0.4, -0.2) is 16.2 Å². The number of nitrogens with one attached hydrogen (secondary N) is 1. The van der Waals surface area contributed by atoms with Gasteiger partial charge in [0.2, 0.25) is 0 Å². The molecule has 0 fully saturated rings. The number of halogens is 1. The number of hydrogen-bond donors (Lipinski definition) is 1. The Hall–Kier alpha value is -1.14. The number of nitrogens with zero attached hydrogens (tertiary/aromatic N) is 1. The lowest BCUT2D eigenvalue weighted by atomic mass is 10.2. The molecule has 2 aromatic rings. The van der Waals surface area contributed by atoms with E-state index >= 15 is 0 Å². The second kappa shape index (κ2) is 5.01. The van der Waals surface area contributed by atoms with Crippen molar-refractivity contribution in [3.05, 3.63) is 37.7 Å². The first-order valence-electron chi connectivity index (χ1n) is 5.00. The maximum atomic E-state index is 11.9. The van der Waals surface area contributed by atoms with Gasteiger partial charge in [-0.1, -0.05) is 0 Å². The third-order valence-electron chi connectivity index (χ3n) is 2.46. The molecule has 2 rings (SSSR count). The molecule has 0 saturated heterocycles. The summed E-state index contributed by atoms with van der Waals surface area (Å²) in [7, 11) is 0. The summed E-state index contributed by atoms with van der Waals surface area (Å²) in [6, 6.07) is 1.77. The number of ether oxygens (including phenoxy) is 1. The molecular formula is C11H11BrN2O2S. The van der Waals surface area contributed by atoms with Gasteiger partial charge in [-0.3, -0.25) is 5.10 Å². The van der Waals surface area contributed by atoms with Gasteiger partial charge in [-0.2, -0.15) is 5.10 Å². The number of aromatic nitrogens is 2. The molecule has 6 heteroatoms. The smallest absolute Gasteiger partial charge is 0.340 e. The largest absolute Gasteiger partial charge is 0.456 e. The maximum absolute atomic E-state index is 11.9. The molecule has 1 N–H and O–H groups in total. The van der Waals surface area contributed by atoms with E-state index in [9.17, 15) is 4.79 Å². The molecule has 0 saturated carbocycles. The standard InChI is InChI=1S/C11H11BrN2O2S/c1-6-7(2)17-10(12)9(6)11(15)16-5-8-3-4-13-14-8/h3-4H,5H2,1-2H3,(H,13,14). The normalized spacial score (nSPS) is 10.5. The Morgan fingerprint density at radius 1 is 1.59 bits per heavy atom. The Bertz CT molecular complexity index is 534. The van der Waals surface area contributed by atoms with Crippen LogP contribution in [0.15, 0.2) is 16.0 Å². The van der Waals surface area contributed by atoms with Gasteiger partial charge in [0.1, 0.15) is 6.61 Å². The van der Waals surface area contributed by atoms with E-state index in [4.69, 9.17) is 4.74 Å². The highest BCUT2D eigenvalue weighted by molar-refractivity contribution is 9.11. The zero-order valence-electron chi connectivity index (χ0n) is 9.41. The molecule has 2 heterocycles. The van der Waals surface area contributed by atoms with Crippen LogP contribution in [0, 0.1) is 13.8 Å². The summed E-state index contributed by atoms with van der Waals surface area (Å²) >= 11 is 4.93. The SMILES string of the molecule is Cc1sc(Br)c(C(=O)OCc2ccn[nH]2)c1C. The summed E-state index contributed by atoms with van der Waals surface area (Å²) in [5.74, 6) is -0.312. The molecule has 0 amide bonds. The van der Waals surface area contributed by atoms with E-state index in [0.717, 1.165) is 19.9 Å². The third-order valence-corrected chi connectivity index (χ3v) is 4.34. The van der Waals surface area contributed by atoms with Crippen molar-refractivity contribution in [1.82, 2.24) is 10.2 Å². The molecule has 90 valence electrons. The maximum Gasteiger partial charge on any atom is 0.340 e. The zero-order chi connectivity index (χ0) is 12.4. The van der Waals surface area contributed by atoms with E-state index in [1.54, 1.807) is 23.6 Å². The summed E-state index contributed by atoms with van der Waals surface area (Å²) in [4.78, 5) is 13.0. The number of esters is 1. The van der Waals surface area contributed by atoms with Gasteiger partial charge >= 0.3 is 5.97 Å². The predicted octanol–water partition coefficient (Wildman–Crippen LogP) is 3.21. The summed E-state index contributed by atoms with van der Waals surface area (Å²) in [6.45, 7) is 4.11. The molecule has 0 aliphatic carbocycles. The second-order valence-electron chi connectivity index (χ2n) is 3.59. The fraction of sp³-hybridized carbons (Fsp3) is 0.273. The van der Waals surface area contributed by atoms with Crippen LogP contribution in [-0.2, 0) is 11.3 Å². The summed E-state index contributed by atoms with van der Waals surface area (Å²) in [5, 5.41) is 6.53. The molecule has 0 unspecified atom stereocenters. The number of carbonyl (C=O) groups is 1. The number of thiophene rings is 1. The fourth-order valence-electron chi connectivity index (χ4n) is 1.40. The van der Waals surface area contributed by atoms with Gasteiger partial charge in [0.25, 0.3) is 0 Å². The average Bonchev–Trinajstić information content (AvgIpc) is 2.86. The molecule has 17 heavy (non-hydrogen) atoms. The Kier molecular flexibility index (Phi) is 3.63. The first-order valence-corrected chi connectivity index (χ1v) is 6.61. The minimum atomic E-state index is -0.312. The van der Waals surface area contributed by atoms with Crippen molar-refractivity contribution in [2.75, 3.05) is 0 Å². The quantitative estimate of drug-likeness (QED) is 0.885. The molecule has 4 nitrogen and oxygen atoms in total. The van der Waals surface area contributed by atoms with E-state index in [0.29, 0.717) is 5.56 Å². The van der Waals surface area contributed by atoms with Crippen molar-refractivity contribution in [2.24, 2.45) is 0 Å². The molecule has 0 spiro atoms. The molecule has 0 aliphatic heterocycles. The average molecular weight is 315 g/mol. The van der Waals surface area contributed by atoms with Gasteiger partial charge in [-0.25, -0.2) is 4.79 Å². The van der Waals surface area contributed by atoms with Gasteiger partial charge < -0.3 is 4.74 Å². The van der Waals surface area contributed by atoms with Crippen LogP contribution in [0.1, 0.15) is 26.5 Å². The molecule has 0 bridgehead atoms. The van der Waals surface area contributed by atoms with E-state index in [1.165, 1.54) is 0 Å². The Morgan fingerprint density at radius 2 is 2.35 bits per heavy atom. The molecule has 0 aromatic carbocycles. The molecular weight excluding hydrogens is 304 g/mol. The molecule has 0 aliphatic rings. The van der Waals surface area contributed by atoms with Crippen molar-refractivity contribution in [1.29, 1.82) is 0 Å². The number of hydrogen-bond acceptors (Lipinski definition) is 4. The van der Waals surface area contributed by atoms with Gasteiger partial charge in [0, 0.05) is 11.1 Å². The monoisotopic (exact) mass is 314 g/mol. The summed E-state index contributed by atoms with van der Waals surface area (Å²) in [6.07, 6.45) is 1.62. The summed E-state index contributed by atoms with van der Waals surface area (Å²) in [5.41, 5.74) is 2.36. The van der Waals surface area contributed by atoms with E-state index < -0.39 is 0 Å². The lowest BCUT2D eigenvalue weighted by Crippen LogP contribution is -2.06. The van der Waals surface area contributed by atoms with Crippen LogP contribution in [0.2, 0.25) is 0 Å². The van der Waals surface area contributed by atoms with Gasteiger partial charge in [0.15, 0.2) is 0 Å². The van der Waals surface area contributed by atoms with Crippen molar-refractivity contribution in [2.45, 2.75) is 20.5 Å². The lowest BCUT2D eigenvalue weighted by Gasteiger charge is -2.03. The van der Waals surface area contributed by atoms with E-state index in [1.807, 2.05) is 13.8 Å². The van der Waals surface area contributed by atoms with Crippen molar-refractivity contribution < 1.29 is 9.53 Å². The van der Waals surface area contributed by atoms with Crippen LogP contribution < -0.4 is 0 Å². The molecule has 0 atom stereocenters. The van der Waals surface area contributed by atoms with Crippen molar-refractivity contribution >= 4 is 33.2 Å². The fourth-order valence-corrected chi connectivity index (χ4v) is 3.45. The van der Waals surface area contributed by atoms with Crippen LogP contribution in [0.25, 0.3) is 0 Å². The predicted molar refractivity (Wildman–Crippen MR) is 69.2 cm³/mol. The Labute approximate surface area is 111 Å². The Morgan fingerprint density at radius 3 is 2.88 bits per heavy atom. The zero-order valence-corrected chi connectivity index (χ0v) is 11.8. The number of H-pyrrole nitrogens is 1. The number of rotatable bonds is 3. The molecule has 2 aromatic heterocycles. The van der Waals surface area contributed by atoms with Crippen LogP contribution >= 0.6 is 27.3 Å². The summed E-state index contributed by atoms with van der Waals surface area (Å²) < 4.78 is 6.04. The minimum Gasteiger partial charge on any atom is -0.456 e. The van der Waals surface area contributed by atoms with Gasteiger partial charge in [-0.05, 0) is 41.4 Å². The number of carbonyl (C=O) groups excluding carboxylic acids is 1. The van der Waals surface area contributed by atoms with Gasteiger partial charge in [-0.15, -0.1) is 11.3 Å². The topological polar surface area (TPSA) is 55.0 Å². The van der Waals surface area contributed by atoms with Crippen LogP contribution in [0.5, 0.6) is 0 Å². The lowest BCUT2D eigenvalue weighted by molar-refractivity contribution is 0.0466. The minimum absolute atomic E-state index is 0.208. The highest BCUT2D eigenvalue weighted by atomic mass is 79.9. The van der Waals surface area contributed by atoms with E-state index in [2.05, 4.69) is 26.1 Å².